The van der Waals surface area contributed by atoms with Gasteiger partial charge < -0.3 is 10.4 Å². The van der Waals surface area contributed by atoms with Gasteiger partial charge in [-0.1, -0.05) is 29.8 Å². The number of carbonyl (C=O) groups is 2. The minimum absolute atomic E-state index is 0.135. The number of amides is 1. The number of carboxylic acid groups (broad SMARTS) is 1. The molecule has 20 heavy (non-hydrogen) atoms. The normalized spacial score (nSPS) is 10.2. The zero-order valence-corrected chi connectivity index (χ0v) is 12.0. The number of hydrogen-bond acceptors (Lipinski definition) is 3. The molecule has 2 N–H and O–H groups in total. The van der Waals surface area contributed by atoms with E-state index in [0.29, 0.717) is 17.1 Å². The van der Waals surface area contributed by atoms with Crippen molar-refractivity contribution in [2.24, 2.45) is 0 Å². The van der Waals surface area contributed by atoms with Crippen LogP contribution in [0.1, 0.15) is 21.7 Å². The largest absolute Gasteiger partial charge is 0.477 e. The molecule has 0 aliphatic carbocycles. The van der Waals surface area contributed by atoms with E-state index >= 15 is 0 Å². The maximum atomic E-state index is 11.8. The van der Waals surface area contributed by atoms with Crippen LogP contribution in [0, 0.1) is 0 Å². The molecule has 0 fully saturated rings. The average molecular weight is 310 g/mol. The van der Waals surface area contributed by atoms with Gasteiger partial charge in [0.15, 0.2) is 0 Å². The van der Waals surface area contributed by atoms with E-state index in [-0.39, 0.29) is 17.2 Å². The highest BCUT2D eigenvalue weighted by Crippen LogP contribution is 2.23. The molecule has 0 saturated heterocycles. The molecule has 2 aromatic rings. The van der Waals surface area contributed by atoms with E-state index in [1.54, 1.807) is 17.5 Å². The lowest BCUT2D eigenvalue weighted by molar-refractivity contribution is -0.116. The minimum Gasteiger partial charge on any atom is -0.477 e. The summed E-state index contributed by atoms with van der Waals surface area (Å²) in [5.41, 5.74) is 1.24. The van der Waals surface area contributed by atoms with Crippen LogP contribution in [0.4, 0.5) is 5.69 Å². The molecule has 0 bridgehead atoms. The standard InChI is InChI=1S/C14H12ClNO3S/c15-10-4-2-1-3-9(10)5-6-12(17)16-11-7-8-20-13(11)14(18)19/h1-4,7-8H,5-6H2,(H,16,17)(H,18,19). The summed E-state index contributed by atoms with van der Waals surface area (Å²) >= 11 is 7.09. The Kier molecular flexibility index (Phi) is 4.76. The van der Waals surface area contributed by atoms with E-state index < -0.39 is 5.97 Å². The molecule has 0 atom stereocenters. The quantitative estimate of drug-likeness (QED) is 0.885. The van der Waals surface area contributed by atoms with Gasteiger partial charge in [-0.3, -0.25) is 4.79 Å². The van der Waals surface area contributed by atoms with Crippen molar-refractivity contribution in [2.45, 2.75) is 12.8 Å². The Bertz CT molecular complexity index is 639. The highest BCUT2D eigenvalue weighted by molar-refractivity contribution is 7.12. The van der Waals surface area contributed by atoms with Crippen molar-refractivity contribution in [3.63, 3.8) is 0 Å². The maximum absolute atomic E-state index is 11.8. The first kappa shape index (κ1) is 14.6. The summed E-state index contributed by atoms with van der Waals surface area (Å²) in [6, 6.07) is 8.91. The number of carboxylic acids is 1. The minimum atomic E-state index is -1.04. The predicted molar refractivity (Wildman–Crippen MR) is 79.7 cm³/mol. The van der Waals surface area contributed by atoms with Crippen LogP contribution >= 0.6 is 22.9 Å². The first-order valence-corrected chi connectivity index (χ1v) is 7.17. The Morgan fingerprint density at radius 2 is 2.00 bits per heavy atom. The number of rotatable bonds is 5. The molecule has 1 heterocycles. The van der Waals surface area contributed by atoms with Crippen molar-refractivity contribution in [3.8, 4) is 0 Å². The van der Waals surface area contributed by atoms with Crippen LogP contribution in [-0.2, 0) is 11.2 Å². The summed E-state index contributed by atoms with van der Waals surface area (Å²) in [7, 11) is 0. The number of halogens is 1. The number of thiophene rings is 1. The molecular formula is C14H12ClNO3S. The van der Waals surface area contributed by atoms with E-state index in [0.717, 1.165) is 16.9 Å². The third-order valence-corrected chi connectivity index (χ3v) is 3.98. The summed E-state index contributed by atoms with van der Waals surface area (Å²) in [5.74, 6) is -1.27. The number of aryl methyl sites for hydroxylation is 1. The zero-order valence-electron chi connectivity index (χ0n) is 10.4. The highest BCUT2D eigenvalue weighted by atomic mass is 35.5. The van der Waals surface area contributed by atoms with Gasteiger partial charge in [-0.15, -0.1) is 11.3 Å². The lowest BCUT2D eigenvalue weighted by Gasteiger charge is -2.06. The number of anilines is 1. The molecule has 1 amide bonds. The monoisotopic (exact) mass is 309 g/mol. The molecule has 4 nitrogen and oxygen atoms in total. The topological polar surface area (TPSA) is 66.4 Å². The fourth-order valence-corrected chi connectivity index (χ4v) is 2.65. The third kappa shape index (κ3) is 3.59. The van der Waals surface area contributed by atoms with Gasteiger partial charge in [0.1, 0.15) is 4.88 Å². The first-order chi connectivity index (χ1) is 9.58. The van der Waals surface area contributed by atoms with Crippen LogP contribution in [0.5, 0.6) is 0 Å². The highest BCUT2D eigenvalue weighted by Gasteiger charge is 2.14. The average Bonchev–Trinajstić information content (AvgIpc) is 2.86. The lowest BCUT2D eigenvalue weighted by Crippen LogP contribution is -2.13. The Hall–Kier alpha value is -1.85. The van der Waals surface area contributed by atoms with Gasteiger partial charge in [0.25, 0.3) is 0 Å². The molecule has 6 heteroatoms. The number of carbonyl (C=O) groups excluding carboxylic acids is 1. The first-order valence-electron chi connectivity index (χ1n) is 5.92. The summed E-state index contributed by atoms with van der Waals surface area (Å²) in [6.07, 6.45) is 0.761. The molecule has 0 aliphatic rings. The predicted octanol–water partition coefficient (Wildman–Crippen LogP) is 3.67. The Morgan fingerprint density at radius 3 is 2.70 bits per heavy atom. The second-order valence-electron chi connectivity index (χ2n) is 4.11. The molecule has 0 unspecified atom stereocenters. The van der Waals surface area contributed by atoms with E-state index in [4.69, 9.17) is 16.7 Å². The van der Waals surface area contributed by atoms with Crippen LogP contribution < -0.4 is 5.32 Å². The van der Waals surface area contributed by atoms with Gasteiger partial charge in [-0.05, 0) is 29.5 Å². The molecule has 0 saturated carbocycles. The van der Waals surface area contributed by atoms with Gasteiger partial charge in [0, 0.05) is 11.4 Å². The zero-order chi connectivity index (χ0) is 14.5. The molecule has 1 aromatic heterocycles. The van der Waals surface area contributed by atoms with Gasteiger partial charge in [0.2, 0.25) is 5.91 Å². The molecular weight excluding hydrogens is 298 g/mol. The van der Waals surface area contributed by atoms with Gasteiger partial charge in [-0.2, -0.15) is 0 Å². The fraction of sp³-hybridized carbons (Fsp3) is 0.143. The summed E-state index contributed by atoms with van der Waals surface area (Å²) < 4.78 is 0. The van der Waals surface area contributed by atoms with Crippen LogP contribution in [0.3, 0.4) is 0 Å². The number of hydrogen-bond donors (Lipinski definition) is 2. The van der Waals surface area contributed by atoms with Crippen molar-refractivity contribution in [2.75, 3.05) is 5.32 Å². The fourth-order valence-electron chi connectivity index (χ4n) is 1.74. The summed E-state index contributed by atoms with van der Waals surface area (Å²) in [6.45, 7) is 0. The van der Waals surface area contributed by atoms with E-state index in [1.165, 1.54) is 0 Å². The smallest absolute Gasteiger partial charge is 0.348 e. The number of aromatic carboxylic acids is 1. The lowest BCUT2D eigenvalue weighted by atomic mass is 10.1. The summed E-state index contributed by atoms with van der Waals surface area (Å²) in [4.78, 5) is 22.9. The van der Waals surface area contributed by atoms with Gasteiger partial charge in [0.05, 0.1) is 5.69 Å². The van der Waals surface area contributed by atoms with Crippen molar-refractivity contribution < 1.29 is 14.7 Å². The van der Waals surface area contributed by atoms with E-state index in [1.807, 2.05) is 18.2 Å². The van der Waals surface area contributed by atoms with Crippen molar-refractivity contribution >= 4 is 40.5 Å². The van der Waals surface area contributed by atoms with Gasteiger partial charge in [-0.25, -0.2) is 4.79 Å². The van der Waals surface area contributed by atoms with Crippen molar-refractivity contribution in [1.82, 2.24) is 0 Å². The van der Waals surface area contributed by atoms with Crippen LogP contribution in [0.15, 0.2) is 35.7 Å². The molecule has 2 rings (SSSR count). The SMILES string of the molecule is O=C(CCc1ccccc1Cl)Nc1ccsc1C(=O)O. The van der Waals surface area contributed by atoms with Gasteiger partial charge >= 0.3 is 5.97 Å². The second-order valence-corrected chi connectivity index (χ2v) is 5.43. The molecule has 0 aliphatic heterocycles. The Labute approximate surface area is 125 Å². The molecule has 0 spiro atoms. The van der Waals surface area contributed by atoms with Crippen molar-refractivity contribution in [3.05, 3.63) is 51.2 Å². The Morgan fingerprint density at radius 1 is 1.25 bits per heavy atom. The van der Waals surface area contributed by atoms with Crippen molar-refractivity contribution in [1.29, 1.82) is 0 Å². The third-order valence-electron chi connectivity index (χ3n) is 2.71. The Balaban J connectivity index is 1.95. The molecule has 0 radical (unpaired) electrons. The van der Waals surface area contributed by atoms with Crippen LogP contribution in [0.25, 0.3) is 0 Å². The number of nitrogens with one attached hydrogen (secondary N) is 1. The summed E-state index contributed by atoms with van der Waals surface area (Å²) in [5, 5.41) is 13.8. The number of benzene rings is 1. The molecule has 1 aromatic carbocycles. The maximum Gasteiger partial charge on any atom is 0.348 e. The van der Waals surface area contributed by atoms with E-state index in [2.05, 4.69) is 5.32 Å². The van der Waals surface area contributed by atoms with Crippen LogP contribution in [-0.4, -0.2) is 17.0 Å². The van der Waals surface area contributed by atoms with Crippen LogP contribution in [0.2, 0.25) is 5.02 Å². The second kappa shape index (κ2) is 6.54. The van der Waals surface area contributed by atoms with E-state index in [9.17, 15) is 9.59 Å². The molecule has 104 valence electrons.